The molecule has 1 unspecified atom stereocenters. The summed E-state index contributed by atoms with van der Waals surface area (Å²) in [5.74, 6) is -0.360. The first-order chi connectivity index (χ1) is 3.66. The van der Waals surface area contributed by atoms with Gasteiger partial charge in [-0.15, -0.1) is 0 Å². The van der Waals surface area contributed by atoms with Crippen molar-refractivity contribution in [1.82, 2.24) is 4.84 Å². The molecule has 0 aromatic heterocycles. The van der Waals surface area contributed by atoms with Gasteiger partial charge in [0.05, 0.1) is 12.5 Å². The fourth-order valence-corrected chi connectivity index (χ4v) is 0.384. The average molecular weight is 138 g/mol. The van der Waals surface area contributed by atoms with Crippen LogP contribution in [0.25, 0.3) is 0 Å². The molecule has 3 nitrogen and oxygen atoms in total. The van der Waals surface area contributed by atoms with Crippen molar-refractivity contribution in [2.45, 2.75) is 19.4 Å². The maximum Gasteiger partial charge on any atom is 0.236 e. The summed E-state index contributed by atoms with van der Waals surface area (Å²) in [6, 6.07) is 0. The van der Waals surface area contributed by atoms with Gasteiger partial charge < -0.3 is 5.11 Å². The number of hydrogen-bond donors (Lipinski definition) is 2. The maximum atomic E-state index is 10.2. The van der Waals surface area contributed by atoms with Gasteiger partial charge in [-0.05, 0) is 6.92 Å². The van der Waals surface area contributed by atoms with E-state index in [0.29, 0.717) is 0 Å². The van der Waals surface area contributed by atoms with E-state index in [2.05, 4.69) is 0 Å². The van der Waals surface area contributed by atoms with Crippen molar-refractivity contribution >= 4 is 17.7 Å². The summed E-state index contributed by atoms with van der Waals surface area (Å²) in [6.45, 7) is 1.52. The van der Waals surface area contributed by atoms with Gasteiger partial charge in [-0.25, -0.2) is 0 Å². The standard InChI is InChI=1S/C4H8ClNO2/c1-3(7)2-4(8)6-5/h3,7H,2H2,1H3,(H,6,8). The van der Waals surface area contributed by atoms with Crippen LogP contribution in [0.5, 0.6) is 0 Å². The number of aliphatic hydroxyl groups is 1. The number of nitrogens with one attached hydrogen (secondary N) is 1. The maximum absolute atomic E-state index is 10.2. The van der Waals surface area contributed by atoms with Crippen LogP contribution in [0.2, 0.25) is 0 Å². The molecule has 2 N–H and O–H groups in total. The second-order valence-electron chi connectivity index (χ2n) is 1.57. The third-order valence-corrected chi connectivity index (χ3v) is 0.797. The van der Waals surface area contributed by atoms with Crippen molar-refractivity contribution in [3.8, 4) is 0 Å². The minimum absolute atomic E-state index is 0.0590. The molecule has 0 aliphatic rings. The second-order valence-corrected chi connectivity index (χ2v) is 1.76. The van der Waals surface area contributed by atoms with E-state index in [9.17, 15) is 4.79 Å². The van der Waals surface area contributed by atoms with Crippen molar-refractivity contribution in [3.05, 3.63) is 0 Å². The average Bonchev–Trinajstić information content (AvgIpc) is 1.65. The summed E-state index contributed by atoms with van der Waals surface area (Å²) >= 11 is 4.89. The molecular weight excluding hydrogens is 130 g/mol. The third kappa shape index (κ3) is 3.89. The summed E-state index contributed by atoms with van der Waals surface area (Å²) in [4.78, 5) is 12.1. The monoisotopic (exact) mass is 137 g/mol. The van der Waals surface area contributed by atoms with Crippen molar-refractivity contribution in [2.24, 2.45) is 0 Å². The number of halogens is 1. The molecule has 0 radical (unpaired) electrons. The van der Waals surface area contributed by atoms with Gasteiger partial charge in [0.25, 0.3) is 0 Å². The molecule has 1 atom stereocenters. The highest BCUT2D eigenvalue weighted by Gasteiger charge is 2.02. The van der Waals surface area contributed by atoms with Gasteiger partial charge in [0.2, 0.25) is 5.91 Å². The Kier molecular flexibility index (Phi) is 3.56. The number of carbonyl (C=O) groups excluding carboxylic acids is 1. The van der Waals surface area contributed by atoms with E-state index in [1.165, 1.54) is 6.92 Å². The smallest absolute Gasteiger partial charge is 0.236 e. The van der Waals surface area contributed by atoms with E-state index < -0.39 is 6.10 Å². The molecular formula is C4H8ClNO2. The lowest BCUT2D eigenvalue weighted by Gasteiger charge is -1.98. The lowest BCUT2D eigenvalue weighted by Crippen LogP contribution is -2.17. The molecule has 48 valence electrons. The van der Waals surface area contributed by atoms with E-state index >= 15 is 0 Å². The molecule has 0 aliphatic carbocycles. The molecule has 0 heterocycles. The Hall–Kier alpha value is -0.280. The Bertz CT molecular complexity index is 84.1. The van der Waals surface area contributed by atoms with E-state index in [0.717, 1.165) is 0 Å². The van der Waals surface area contributed by atoms with Crippen LogP contribution in [0.4, 0.5) is 0 Å². The fourth-order valence-electron chi connectivity index (χ4n) is 0.307. The molecule has 0 aromatic rings. The highest BCUT2D eigenvalue weighted by Crippen LogP contribution is 1.87. The topological polar surface area (TPSA) is 49.3 Å². The van der Waals surface area contributed by atoms with Crippen molar-refractivity contribution in [1.29, 1.82) is 0 Å². The predicted molar refractivity (Wildman–Crippen MR) is 30.3 cm³/mol. The van der Waals surface area contributed by atoms with Crippen molar-refractivity contribution in [3.63, 3.8) is 0 Å². The Labute approximate surface area is 52.8 Å². The zero-order valence-electron chi connectivity index (χ0n) is 4.52. The van der Waals surface area contributed by atoms with Gasteiger partial charge in [0, 0.05) is 11.8 Å². The molecule has 0 saturated carbocycles. The Morgan fingerprint density at radius 2 is 2.50 bits per heavy atom. The molecule has 8 heavy (non-hydrogen) atoms. The van der Waals surface area contributed by atoms with Crippen LogP contribution < -0.4 is 4.84 Å². The Morgan fingerprint density at radius 3 is 2.62 bits per heavy atom. The van der Waals surface area contributed by atoms with Crippen LogP contribution in [0.1, 0.15) is 13.3 Å². The summed E-state index contributed by atoms with van der Waals surface area (Å²) in [7, 11) is 0. The lowest BCUT2D eigenvalue weighted by atomic mass is 10.3. The number of aliphatic hydroxyl groups excluding tert-OH is 1. The van der Waals surface area contributed by atoms with Gasteiger partial charge in [-0.2, -0.15) is 0 Å². The number of amides is 1. The summed E-state index contributed by atoms with van der Waals surface area (Å²) < 4.78 is 0. The van der Waals surface area contributed by atoms with Crippen LogP contribution >= 0.6 is 11.8 Å². The van der Waals surface area contributed by atoms with Gasteiger partial charge >= 0.3 is 0 Å². The lowest BCUT2D eigenvalue weighted by molar-refractivity contribution is -0.121. The molecule has 0 spiro atoms. The molecule has 0 rings (SSSR count). The van der Waals surface area contributed by atoms with Crippen molar-refractivity contribution in [2.75, 3.05) is 0 Å². The van der Waals surface area contributed by atoms with Crippen LogP contribution in [-0.2, 0) is 4.79 Å². The summed E-state index contributed by atoms with van der Waals surface area (Å²) in [5.41, 5.74) is 0. The van der Waals surface area contributed by atoms with Crippen LogP contribution in [0, 0.1) is 0 Å². The molecule has 1 amide bonds. The highest BCUT2D eigenvalue weighted by molar-refractivity contribution is 6.21. The first kappa shape index (κ1) is 7.72. The molecule has 0 bridgehead atoms. The van der Waals surface area contributed by atoms with E-state index in [-0.39, 0.29) is 12.3 Å². The van der Waals surface area contributed by atoms with Crippen LogP contribution in [0.15, 0.2) is 0 Å². The molecule has 0 aliphatic heterocycles. The first-order valence-corrected chi connectivity index (χ1v) is 2.62. The van der Waals surface area contributed by atoms with E-state index in [4.69, 9.17) is 16.9 Å². The Morgan fingerprint density at radius 1 is 2.00 bits per heavy atom. The van der Waals surface area contributed by atoms with Crippen molar-refractivity contribution < 1.29 is 9.90 Å². The van der Waals surface area contributed by atoms with E-state index in [1.807, 2.05) is 4.84 Å². The zero-order chi connectivity index (χ0) is 6.57. The summed E-state index contributed by atoms with van der Waals surface area (Å²) in [5, 5.41) is 8.53. The molecule has 4 heteroatoms. The largest absolute Gasteiger partial charge is 0.393 e. The number of rotatable bonds is 2. The van der Waals surface area contributed by atoms with E-state index in [1.54, 1.807) is 0 Å². The normalized spacial score (nSPS) is 12.9. The molecule has 0 aromatic carbocycles. The van der Waals surface area contributed by atoms with Gasteiger partial charge in [-0.1, -0.05) is 0 Å². The number of carbonyl (C=O) groups is 1. The molecule has 0 saturated heterocycles. The fraction of sp³-hybridized carbons (Fsp3) is 0.750. The van der Waals surface area contributed by atoms with Gasteiger partial charge in [0.1, 0.15) is 0 Å². The highest BCUT2D eigenvalue weighted by atomic mass is 35.5. The van der Waals surface area contributed by atoms with Crippen LogP contribution in [-0.4, -0.2) is 17.1 Å². The summed E-state index contributed by atoms with van der Waals surface area (Å²) in [6.07, 6.45) is -0.558. The zero-order valence-corrected chi connectivity index (χ0v) is 5.27. The minimum Gasteiger partial charge on any atom is -0.393 e. The molecule has 0 fully saturated rings. The van der Waals surface area contributed by atoms with Gasteiger partial charge in [0.15, 0.2) is 0 Å². The third-order valence-electron chi connectivity index (χ3n) is 0.586. The quantitative estimate of drug-likeness (QED) is 0.528. The SMILES string of the molecule is CC(O)CC(=O)NCl. The minimum atomic E-state index is -0.617. The Balaban J connectivity index is 3.25. The number of hydrogen-bond acceptors (Lipinski definition) is 2. The first-order valence-electron chi connectivity index (χ1n) is 2.24. The van der Waals surface area contributed by atoms with Crippen LogP contribution in [0.3, 0.4) is 0 Å². The second kappa shape index (κ2) is 3.69. The van der Waals surface area contributed by atoms with Gasteiger partial charge in [-0.3, -0.25) is 9.63 Å². The predicted octanol–water partition coefficient (Wildman–Crippen LogP) is 0.0273.